The highest BCUT2D eigenvalue weighted by atomic mass is 16.6. The highest BCUT2D eigenvalue weighted by Crippen LogP contribution is 2.48. The lowest BCUT2D eigenvalue weighted by Gasteiger charge is -2.41. The van der Waals surface area contributed by atoms with Gasteiger partial charge in [0.25, 0.3) is 0 Å². The fourth-order valence-corrected chi connectivity index (χ4v) is 16.7. The first-order valence-electron chi connectivity index (χ1n) is 41.7. The minimum Gasteiger partial charge on any atom is -0.481 e. The molecule has 0 aliphatic heterocycles. The summed E-state index contributed by atoms with van der Waals surface area (Å²) in [6.07, 6.45) is 16.7. The van der Waals surface area contributed by atoms with E-state index >= 15 is 0 Å². The van der Waals surface area contributed by atoms with Crippen LogP contribution in [0.2, 0.25) is 0 Å². The van der Waals surface area contributed by atoms with E-state index in [-0.39, 0.29) is 156 Å². The Hall–Kier alpha value is -7.14. The first-order chi connectivity index (χ1) is 52.3. The molecule has 12 unspecified atom stereocenters. The lowest BCUT2D eigenvalue weighted by molar-refractivity contribution is -0.163. The Labute approximate surface area is 682 Å². The predicted molar refractivity (Wildman–Crippen MR) is 436 cm³/mol. The van der Waals surface area contributed by atoms with Crippen molar-refractivity contribution in [2.45, 2.75) is 375 Å². The summed E-state index contributed by atoms with van der Waals surface area (Å²) >= 11 is 0. The summed E-state index contributed by atoms with van der Waals surface area (Å²) in [5.74, 6) is -5.41. The molecule has 0 amide bonds. The van der Waals surface area contributed by atoms with E-state index in [9.17, 15) is 57.5 Å². The summed E-state index contributed by atoms with van der Waals surface area (Å²) in [5, 5.41) is 51.5. The van der Waals surface area contributed by atoms with E-state index in [0.717, 1.165) is 126 Å². The molecule has 0 radical (unpaired) electrons. The molecular weight excluding hydrogens is 1460 g/mol. The van der Waals surface area contributed by atoms with Crippen LogP contribution in [0.5, 0.6) is 0 Å². The first kappa shape index (κ1) is 105. The molecule has 6 aliphatic rings. The number of carbonyl (C=O) groups excluding carboxylic acids is 6. The van der Waals surface area contributed by atoms with Crippen LogP contribution in [-0.4, -0.2) is 139 Å². The van der Waals surface area contributed by atoms with Gasteiger partial charge in [0.1, 0.15) is 49.5 Å². The SMILES string of the molecule is C=C(C)C1CCC(C)(C)CC1OC(=O)CC(=O)O.C=C(C)C1CCC(C)(C)CC1OC(=O)CCC(=O)O.C=C(C)C1CCC(C)(C)CC1OC(=O)CCCC(=O)O.CC(C)C1CCC(C)(C)CC1OC(=O)CC(=O)O.CC(C)C1CCC(C)(C)CC1OC(=O)CCC(=O)O.CC(C)C1CCC(C)(C)CC1OC(=O)CCCC(=O)O. The van der Waals surface area contributed by atoms with Crippen molar-refractivity contribution in [3.63, 3.8) is 0 Å². The van der Waals surface area contributed by atoms with E-state index in [0.29, 0.717) is 48.3 Å². The molecule has 0 heterocycles. The van der Waals surface area contributed by atoms with Gasteiger partial charge in [0.2, 0.25) is 0 Å². The quantitative estimate of drug-likeness (QED) is 0.0168. The molecule has 6 rings (SSSR count). The molecule has 0 aromatic heterocycles. The second-order valence-corrected chi connectivity index (χ2v) is 39.1. The number of hydrogen-bond acceptors (Lipinski definition) is 18. The van der Waals surface area contributed by atoms with Crippen molar-refractivity contribution in [3.8, 4) is 0 Å². The number of esters is 6. The third kappa shape index (κ3) is 43.7. The van der Waals surface area contributed by atoms with Crippen LogP contribution >= 0.6 is 0 Å². The van der Waals surface area contributed by atoms with Crippen LogP contribution in [-0.2, 0) is 86.0 Å². The van der Waals surface area contributed by atoms with Crippen LogP contribution in [0.3, 0.4) is 0 Å². The van der Waals surface area contributed by atoms with Gasteiger partial charge < -0.3 is 59.1 Å². The zero-order valence-corrected chi connectivity index (χ0v) is 73.5. The van der Waals surface area contributed by atoms with Crippen molar-refractivity contribution in [2.24, 2.45) is 85.8 Å². The molecule has 114 heavy (non-hydrogen) atoms. The number of ether oxygens (including phenoxy) is 6. The largest absolute Gasteiger partial charge is 0.481 e. The van der Waals surface area contributed by atoms with Crippen LogP contribution < -0.4 is 0 Å². The Balaban J connectivity index is 0.000000684. The molecule has 24 heteroatoms. The molecule has 654 valence electrons. The van der Waals surface area contributed by atoms with Crippen LogP contribution in [0.1, 0.15) is 338 Å². The molecule has 6 N–H and O–H groups in total. The Morgan fingerprint density at radius 1 is 0.281 bits per heavy atom. The zero-order valence-electron chi connectivity index (χ0n) is 73.5. The lowest BCUT2D eigenvalue weighted by atomic mass is 9.68. The molecule has 6 aliphatic carbocycles. The maximum atomic E-state index is 11.9. The molecule has 0 spiro atoms. The van der Waals surface area contributed by atoms with Gasteiger partial charge in [0.05, 0.1) is 25.7 Å². The van der Waals surface area contributed by atoms with Gasteiger partial charge in [0.15, 0.2) is 0 Å². The van der Waals surface area contributed by atoms with Crippen molar-refractivity contribution in [3.05, 3.63) is 36.5 Å². The van der Waals surface area contributed by atoms with Crippen LogP contribution in [0.25, 0.3) is 0 Å². The van der Waals surface area contributed by atoms with E-state index in [1.807, 2.05) is 20.8 Å². The number of hydrogen-bond donors (Lipinski definition) is 6. The van der Waals surface area contributed by atoms with Gasteiger partial charge in [-0.3, -0.25) is 57.5 Å². The van der Waals surface area contributed by atoms with Gasteiger partial charge in [-0.15, -0.1) is 0 Å². The summed E-state index contributed by atoms with van der Waals surface area (Å²) in [7, 11) is 0. The van der Waals surface area contributed by atoms with Gasteiger partial charge in [-0.25, -0.2) is 0 Å². The van der Waals surface area contributed by atoms with Crippen molar-refractivity contribution in [2.75, 3.05) is 0 Å². The van der Waals surface area contributed by atoms with E-state index < -0.39 is 66.6 Å². The number of carboxylic acid groups (broad SMARTS) is 6. The summed E-state index contributed by atoms with van der Waals surface area (Å²) in [4.78, 5) is 133. The van der Waals surface area contributed by atoms with Gasteiger partial charge >= 0.3 is 71.6 Å². The Bertz CT molecular complexity index is 3180. The van der Waals surface area contributed by atoms with Crippen LogP contribution in [0.4, 0.5) is 0 Å². The van der Waals surface area contributed by atoms with Gasteiger partial charge in [0, 0.05) is 43.4 Å². The van der Waals surface area contributed by atoms with E-state index in [4.69, 9.17) is 59.1 Å². The van der Waals surface area contributed by atoms with Gasteiger partial charge in [-0.05, 0) is 217 Å². The average molecular weight is 1620 g/mol. The summed E-state index contributed by atoms with van der Waals surface area (Å²) in [6.45, 7) is 56.8. The molecule has 6 fully saturated rings. The molecule has 0 aromatic carbocycles. The fourth-order valence-electron chi connectivity index (χ4n) is 16.7. The smallest absolute Gasteiger partial charge is 0.317 e. The molecule has 0 saturated heterocycles. The minimum atomic E-state index is -1.15. The first-order valence-corrected chi connectivity index (χ1v) is 41.7. The molecule has 12 atom stereocenters. The standard InChI is InChI=1S/C16H28O4.C16H26O4.C15H26O4.C15H24O4.C14H24O4.C14H22O4/c2*1-11(2)12-8-9-16(3,4)10-13(12)20-15(19)7-5-6-14(17)18;2*1-10(2)11-7-8-15(3,4)9-12(11)19-14(18)6-5-13(16)17;2*1-9(2)10-5-6-14(3,4)8-11(10)18-13(17)7-12(15)16/h11-13H,5-10H2,1-4H3,(H,17,18);12-13H,1,5-10H2,2-4H3,(H,17,18);10-12H,5-9H2,1-4H3,(H,16,17);11-12H,1,5-9H2,2-4H3,(H,16,17);9-11H,5-8H2,1-4H3,(H,15,16);10-11H,1,5-8H2,2-4H3,(H,15,16). The monoisotopic (exact) mass is 1620 g/mol. The van der Waals surface area contributed by atoms with Crippen molar-refractivity contribution >= 4 is 71.6 Å². The Morgan fingerprint density at radius 2 is 0.474 bits per heavy atom. The Morgan fingerprint density at radius 3 is 0.684 bits per heavy atom. The van der Waals surface area contributed by atoms with E-state index in [2.05, 4.69) is 144 Å². The normalized spacial score (nSPS) is 25.9. The van der Waals surface area contributed by atoms with Gasteiger partial charge in [-0.2, -0.15) is 0 Å². The third-order valence-electron chi connectivity index (χ3n) is 23.5. The second kappa shape index (κ2) is 48.5. The maximum Gasteiger partial charge on any atom is 0.317 e. The molecule has 6 saturated carbocycles. The summed E-state index contributed by atoms with van der Waals surface area (Å²) < 4.78 is 33.0. The fraction of sp³-hybridized carbons (Fsp3) is 0.800. The lowest BCUT2D eigenvalue weighted by Crippen LogP contribution is -2.39. The number of carbonyl (C=O) groups is 12. The number of aliphatic carboxylic acids is 6. The summed E-state index contributed by atoms with van der Waals surface area (Å²) in [6, 6.07) is 0. The average Bonchev–Trinajstić information content (AvgIpc) is 0.857. The maximum absolute atomic E-state index is 11.9. The Kier molecular flexibility index (Phi) is 44.6. The minimum absolute atomic E-state index is 0.00910. The van der Waals surface area contributed by atoms with Gasteiger partial charge in [-0.1, -0.05) is 161 Å². The highest BCUT2D eigenvalue weighted by Gasteiger charge is 2.44. The second-order valence-electron chi connectivity index (χ2n) is 39.1. The van der Waals surface area contributed by atoms with E-state index in [1.165, 1.54) is 6.42 Å². The zero-order chi connectivity index (χ0) is 87.8. The number of carboxylic acids is 6. The van der Waals surface area contributed by atoms with Crippen LogP contribution in [0, 0.1) is 85.8 Å². The molecule has 0 aromatic rings. The highest BCUT2D eigenvalue weighted by molar-refractivity contribution is 5.90. The van der Waals surface area contributed by atoms with Crippen molar-refractivity contribution in [1.29, 1.82) is 0 Å². The van der Waals surface area contributed by atoms with Crippen molar-refractivity contribution in [1.82, 2.24) is 0 Å². The summed E-state index contributed by atoms with van der Waals surface area (Å²) in [5.41, 5.74) is 4.14. The molecule has 24 nitrogen and oxygen atoms in total. The molecule has 0 bridgehead atoms. The molecular formula is C90H150O24. The predicted octanol–water partition coefficient (Wildman–Crippen LogP) is 19.2. The van der Waals surface area contributed by atoms with Crippen LogP contribution in [0.15, 0.2) is 36.5 Å². The third-order valence-corrected chi connectivity index (χ3v) is 23.5. The van der Waals surface area contributed by atoms with E-state index in [1.54, 1.807) is 0 Å². The topological polar surface area (TPSA) is 382 Å². The van der Waals surface area contributed by atoms with Crippen molar-refractivity contribution < 1.29 is 117 Å². The number of rotatable bonds is 30.